The van der Waals surface area contributed by atoms with Gasteiger partial charge in [0.05, 0.1) is 12.1 Å². The van der Waals surface area contributed by atoms with Gasteiger partial charge in [-0.3, -0.25) is 0 Å². The second kappa shape index (κ2) is 7.87. The maximum Gasteiger partial charge on any atom is 0.141 e. The third-order valence-electron chi connectivity index (χ3n) is 4.61. The van der Waals surface area contributed by atoms with Crippen molar-refractivity contribution < 1.29 is 4.74 Å². The molecule has 0 radical (unpaired) electrons. The van der Waals surface area contributed by atoms with E-state index in [1.165, 1.54) is 0 Å². The van der Waals surface area contributed by atoms with E-state index in [4.69, 9.17) is 27.9 Å². The van der Waals surface area contributed by atoms with Gasteiger partial charge in [0.15, 0.2) is 0 Å². The zero-order valence-corrected chi connectivity index (χ0v) is 15.5. The van der Waals surface area contributed by atoms with E-state index in [0.717, 1.165) is 73.0 Å². The zero-order valence-electron chi connectivity index (χ0n) is 14.0. The molecule has 1 aromatic carbocycles. The van der Waals surface area contributed by atoms with Crippen LogP contribution < -0.4 is 4.74 Å². The summed E-state index contributed by atoms with van der Waals surface area (Å²) in [6, 6.07) is 0. The predicted octanol–water partition coefficient (Wildman–Crippen LogP) is 3.80. The number of piperazine rings is 1. The van der Waals surface area contributed by atoms with Crippen LogP contribution >= 0.6 is 23.2 Å². The highest BCUT2D eigenvalue weighted by molar-refractivity contribution is 6.37. The molecule has 2 rings (SSSR count). The quantitative estimate of drug-likeness (QED) is 0.807. The Morgan fingerprint density at radius 3 is 2.23 bits per heavy atom. The van der Waals surface area contributed by atoms with Gasteiger partial charge in [0.1, 0.15) is 5.75 Å². The van der Waals surface area contributed by atoms with Gasteiger partial charge in [-0.2, -0.15) is 0 Å². The van der Waals surface area contributed by atoms with Crippen LogP contribution in [-0.2, 0) is 6.42 Å². The van der Waals surface area contributed by atoms with Crippen LogP contribution in [-0.4, -0.2) is 56.7 Å². The fourth-order valence-electron chi connectivity index (χ4n) is 3.05. The summed E-state index contributed by atoms with van der Waals surface area (Å²) in [4.78, 5) is 4.91. The first-order valence-electron chi connectivity index (χ1n) is 7.87. The first-order valence-corrected chi connectivity index (χ1v) is 8.63. The van der Waals surface area contributed by atoms with E-state index < -0.39 is 0 Å². The third kappa shape index (κ3) is 3.88. The molecule has 1 fully saturated rings. The summed E-state index contributed by atoms with van der Waals surface area (Å²) in [5.74, 6) is 0.791. The number of methoxy groups -OCH3 is 1. The SMILES string of the molecule is COc1c(Cl)c(C)c(Cl)c(C)c1CCCN1CCN(C)CC1. The van der Waals surface area contributed by atoms with Crippen LogP contribution in [0.5, 0.6) is 5.75 Å². The molecule has 0 N–H and O–H groups in total. The van der Waals surface area contributed by atoms with Gasteiger partial charge >= 0.3 is 0 Å². The molecule has 0 bridgehead atoms. The van der Waals surface area contributed by atoms with Gasteiger partial charge in [-0.25, -0.2) is 0 Å². The fraction of sp³-hybridized carbons (Fsp3) is 0.647. The lowest BCUT2D eigenvalue weighted by atomic mass is 9.99. The Labute approximate surface area is 144 Å². The minimum absolute atomic E-state index is 0.646. The third-order valence-corrected chi connectivity index (χ3v) is 5.64. The molecule has 0 aliphatic carbocycles. The van der Waals surface area contributed by atoms with Crippen LogP contribution in [0.3, 0.4) is 0 Å². The highest BCUT2D eigenvalue weighted by Gasteiger charge is 2.19. The van der Waals surface area contributed by atoms with Crippen molar-refractivity contribution in [2.45, 2.75) is 26.7 Å². The van der Waals surface area contributed by atoms with Gasteiger partial charge in [0.2, 0.25) is 0 Å². The monoisotopic (exact) mass is 344 g/mol. The van der Waals surface area contributed by atoms with Gasteiger partial charge < -0.3 is 14.5 Å². The van der Waals surface area contributed by atoms with Crippen molar-refractivity contribution in [2.75, 3.05) is 46.9 Å². The lowest BCUT2D eigenvalue weighted by Crippen LogP contribution is -2.44. The van der Waals surface area contributed by atoms with Crippen molar-refractivity contribution >= 4 is 23.2 Å². The first kappa shape index (κ1) is 17.9. The second-order valence-electron chi connectivity index (χ2n) is 6.14. The molecule has 124 valence electrons. The number of nitrogens with zero attached hydrogens (tertiary/aromatic N) is 2. The Balaban J connectivity index is 2.03. The standard InChI is InChI=1S/C17H26Cl2N2O/c1-12-14(17(22-4)16(19)13(2)15(12)18)6-5-7-21-10-8-20(3)9-11-21/h5-11H2,1-4H3. The average Bonchev–Trinajstić information content (AvgIpc) is 2.52. The second-order valence-corrected chi connectivity index (χ2v) is 6.89. The topological polar surface area (TPSA) is 15.7 Å². The molecule has 1 saturated heterocycles. The number of hydrogen-bond donors (Lipinski definition) is 0. The van der Waals surface area contributed by atoms with Gasteiger partial charge in [0.25, 0.3) is 0 Å². The van der Waals surface area contributed by atoms with E-state index >= 15 is 0 Å². The molecule has 1 aromatic rings. The molecule has 0 unspecified atom stereocenters. The van der Waals surface area contributed by atoms with Gasteiger partial charge in [-0.05, 0) is 51.4 Å². The minimum Gasteiger partial charge on any atom is -0.495 e. The van der Waals surface area contributed by atoms with E-state index in [1.54, 1.807) is 7.11 Å². The molecule has 0 aromatic heterocycles. The summed E-state index contributed by atoms with van der Waals surface area (Å²) in [6.45, 7) is 9.73. The van der Waals surface area contributed by atoms with E-state index in [9.17, 15) is 0 Å². The van der Waals surface area contributed by atoms with Gasteiger partial charge in [-0.1, -0.05) is 23.2 Å². The van der Waals surface area contributed by atoms with E-state index in [2.05, 4.69) is 23.8 Å². The summed E-state index contributed by atoms with van der Waals surface area (Å²) in [5.41, 5.74) is 3.15. The van der Waals surface area contributed by atoms with Crippen molar-refractivity contribution in [3.63, 3.8) is 0 Å². The first-order chi connectivity index (χ1) is 10.5. The summed E-state index contributed by atoms with van der Waals surface area (Å²) in [7, 11) is 3.86. The molecule has 1 aliphatic heterocycles. The van der Waals surface area contributed by atoms with Crippen molar-refractivity contribution in [2.24, 2.45) is 0 Å². The molecular weight excluding hydrogens is 319 g/mol. The highest BCUT2D eigenvalue weighted by Crippen LogP contribution is 2.40. The minimum atomic E-state index is 0.646. The van der Waals surface area contributed by atoms with Crippen molar-refractivity contribution in [3.8, 4) is 5.75 Å². The Morgan fingerprint density at radius 1 is 1.00 bits per heavy atom. The van der Waals surface area contributed by atoms with Crippen LogP contribution in [0, 0.1) is 13.8 Å². The number of benzene rings is 1. The van der Waals surface area contributed by atoms with Crippen LogP contribution in [0.25, 0.3) is 0 Å². The summed E-state index contributed by atoms with van der Waals surface area (Å²) in [6.07, 6.45) is 2.04. The van der Waals surface area contributed by atoms with Crippen LogP contribution in [0.2, 0.25) is 10.0 Å². The summed E-state index contributed by atoms with van der Waals surface area (Å²) < 4.78 is 5.54. The molecule has 1 heterocycles. The Bertz CT molecular complexity index is 526. The van der Waals surface area contributed by atoms with Crippen molar-refractivity contribution in [3.05, 3.63) is 26.7 Å². The largest absolute Gasteiger partial charge is 0.495 e. The number of halogens is 2. The molecule has 1 aliphatic rings. The number of likely N-dealkylation sites (N-methyl/N-ethyl adjacent to an activating group) is 1. The predicted molar refractivity (Wildman–Crippen MR) is 94.7 cm³/mol. The maximum atomic E-state index is 6.40. The summed E-state index contributed by atoms with van der Waals surface area (Å²) >= 11 is 12.8. The molecule has 0 spiro atoms. The lowest BCUT2D eigenvalue weighted by molar-refractivity contribution is 0.153. The van der Waals surface area contributed by atoms with Crippen molar-refractivity contribution in [1.29, 1.82) is 0 Å². The average molecular weight is 345 g/mol. The maximum absolute atomic E-state index is 6.40. The Kier molecular flexibility index (Phi) is 6.39. The van der Waals surface area contributed by atoms with Gasteiger partial charge in [-0.15, -0.1) is 0 Å². The zero-order chi connectivity index (χ0) is 16.3. The molecule has 5 heteroatoms. The van der Waals surface area contributed by atoms with Crippen LogP contribution in [0.4, 0.5) is 0 Å². The van der Waals surface area contributed by atoms with Gasteiger partial charge in [0, 0.05) is 36.8 Å². The normalized spacial score (nSPS) is 17.0. The summed E-state index contributed by atoms with van der Waals surface area (Å²) in [5, 5.41) is 1.41. The number of rotatable bonds is 5. The fourth-order valence-corrected chi connectivity index (χ4v) is 3.59. The number of ether oxygens (including phenoxy) is 1. The lowest BCUT2D eigenvalue weighted by Gasteiger charge is -2.32. The molecule has 0 amide bonds. The van der Waals surface area contributed by atoms with Crippen LogP contribution in [0.1, 0.15) is 23.1 Å². The molecule has 22 heavy (non-hydrogen) atoms. The molecular formula is C17H26Cl2N2O. The molecule has 3 nitrogen and oxygen atoms in total. The van der Waals surface area contributed by atoms with E-state index in [0.29, 0.717) is 5.02 Å². The van der Waals surface area contributed by atoms with Crippen molar-refractivity contribution in [1.82, 2.24) is 9.80 Å². The Morgan fingerprint density at radius 2 is 1.64 bits per heavy atom. The molecule has 0 saturated carbocycles. The number of hydrogen-bond acceptors (Lipinski definition) is 3. The van der Waals surface area contributed by atoms with E-state index in [-0.39, 0.29) is 0 Å². The highest BCUT2D eigenvalue weighted by atomic mass is 35.5. The Hall–Kier alpha value is -0.480. The molecule has 0 atom stereocenters. The van der Waals surface area contributed by atoms with Crippen LogP contribution in [0.15, 0.2) is 0 Å². The van der Waals surface area contributed by atoms with E-state index in [1.807, 2.05) is 6.92 Å². The smallest absolute Gasteiger partial charge is 0.141 e.